The minimum absolute atomic E-state index is 0.167. The first-order chi connectivity index (χ1) is 21.3. The summed E-state index contributed by atoms with van der Waals surface area (Å²) in [5, 5.41) is 2.98. The number of rotatable bonds is 19. The van der Waals surface area contributed by atoms with E-state index in [0.717, 1.165) is 24.8 Å². The summed E-state index contributed by atoms with van der Waals surface area (Å²) in [5.74, 6) is -7.80. The molecular weight excluding hydrogens is 558 g/mol. The second kappa shape index (κ2) is 16.9. The van der Waals surface area contributed by atoms with Crippen LogP contribution in [0.5, 0.6) is 0 Å². The van der Waals surface area contributed by atoms with Gasteiger partial charge in [-0.05, 0) is 24.5 Å². The van der Waals surface area contributed by atoms with Crippen LogP contribution in [-0.2, 0) is 33.4 Å². The topological polar surface area (TPSA) is 116 Å². The van der Waals surface area contributed by atoms with Crippen molar-refractivity contribution in [3.05, 3.63) is 34.9 Å². The van der Waals surface area contributed by atoms with E-state index in [2.05, 4.69) is 12.2 Å². The van der Waals surface area contributed by atoms with Crippen LogP contribution in [0.15, 0.2) is 18.2 Å². The maximum Gasteiger partial charge on any atom is 0.321 e. The SMILES string of the molecule is CCCCCCCCCCCCCCCCCCNC(=O)C1C2C(=O)OC(=O)C2c2cc(C)ccc2C1C1CC(=O)OC1=O. The van der Waals surface area contributed by atoms with Crippen molar-refractivity contribution >= 4 is 29.8 Å². The summed E-state index contributed by atoms with van der Waals surface area (Å²) in [4.78, 5) is 64.3. The third-order valence-electron chi connectivity index (χ3n) is 9.77. The van der Waals surface area contributed by atoms with Crippen molar-refractivity contribution in [2.45, 2.75) is 135 Å². The van der Waals surface area contributed by atoms with E-state index < -0.39 is 59.4 Å². The molecule has 4 rings (SSSR count). The molecule has 1 aromatic carbocycles. The Balaban J connectivity index is 1.22. The van der Waals surface area contributed by atoms with Gasteiger partial charge in [0.25, 0.3) is 0 Å². The van der Waals surface area contributed by atoms with Gasteiger partial charge in [-0.2, -0.15) is 0 Å². The van der Waals surface area contributed by atoms with Gasteiger partial charge in [0.1, 0.15) is 0 Å². The molecule has 1 aromatic rings. The predicted octanol–water partition coefficient (Wildman–Crippen LogP) is 6.96. The molecule has 1 N–H and O–H groups in total. The van der Waals surface area contributed by atoms with Crippen LogP contribution in [0.25, 0.3) is 0 Å². The summed E-state index contributed by atoms with van der Waals surface area (Å²) in [7, 11) is 0. The minimum Gasteiger partial charge on any atom is -0.393 e. The zero-order valence-corrected chi connectivity index (χ0v) is 26.7. The van der Waals surface area contributed by atoms with Crippen LogP contribution < -0.4 is 5.32 Å². The van der Waals surface area contributed by atoms with Crippen molar-refractivity contribution in [2.24, 2.45) is 17.8 Å². The summed E-state index contributed by atoms with van der Waals surface area (Å²) in [6, 6.07) is 5.46. The average molecular weight is 610 g/mol. The number of amides is 1. The van der Waals surface area contributed by atoms with Crippen molar-refractivity contribution in [1.29, 1.82) is 0 Å². The third-order valence-corrected chi connectivity index (χ3v) is 9.77. The highest BCUT2D eigenvalue weighted by atomic mass is 16.6. The fraction of sp³-hybridized carbons (Fsp3) is 0.694. The Hall–Kier alpha value is -3.03. The lowest BCUT2D eigenvalue weighted by atomic mass is 9.60. The number of esters is 4. The largest absolute Gasteiger partial charge is 0.393 e. The summed E-state index contributed by atoms with van der Waals surface area (Å²) in [6.45, 7) is 4.57. The van der Waals surface area contributed by atoms with Crippen LogP contribution in [0, 0.1) is 24.7 Å². The van der Waals surface area contributed by atoms with Crippen molar-refractivity contribution in [2.75, 3.05) is 6.54 Å². The molecule has 2 heterocycles. The molecule has 5 atom stereocenters. The van der Waals surface area contributed by atoms with E-state index in [1.54, 1.807) is 6.07 Å². The molecule has 0 radical (unpaired) electrons. The Bertz CT molecular complexity index is 1180. The molecule has 2 aliphatic heterocycles. The van der Waals surface area contributed by atoms with Crippen LogP contribution >= 0.6 is 0 Å². The highest BCUT2D eigenvalue weighted by molar-refractivity contribution is 6.04. The highest BCUT2D eigenvalue weighted by Gasteiger charge is 2.60. The Morgan fingerprint density at radius 3 is 1.82 bits per heavy atom. The van der Waals surface area contributed by atoms with Gasteiger partial charge in [-0.25, -0.2) is 0 Å². The van der Waals surface area contributed by atoms with Gasteiger partial charge < -0.3 is 14.8 Å². The summed E-state index contributed by atoms with van der Waals surface area (Å²) in [5.41, 5.74) is 2.09. The van der Waals surface area contributed by atoms with Crippen LogP contribution in [-0.4, -0.2) is 36.3 Å². The van der Waals surface area contributed by atoms with Gasteiger partial charge in [-0.15, -0.1) is 0 Å². The first-order valence-electron chi connectivity index (χ1n) is 17.2. The molecular formula is C36H51NO7. The van der Waals surface area contributed by atoms with E-state index >= 15 is 0 Å². The number of carbonyl (C=O) groups excluding carboxylic acids is 5. The standard InChI is InChI=1S/C36H51NO7/c1-3-4-5-6-7-8-9-10-11-12-13-14-15-16-17-18-21-37-33(39)31-29(27-23-28(38)43-34(27)40)25-20-19-24(2)22-26(25)30-32(31)36(42)44-35(30)41/h19-20,22,27,29-32H,3-18,21,23H2,1-2H3,(H,37,39). The zero-order chi connectivity index (χ0) is 31.5. The summed E-state index contributed by atoms with van der Waals surface area (Å²) >= 11 is 0. The molecule has 0 bridgehead atoms. The van der Waals surface area contributed by atoms with Crippen LogP contribution in [0.1, 0.15) is 145 Å². The first-order valence-corrected chi connectivity index (χ1v) is 17.2. The number of benzene rings is 1. The highest BCUT2D eigenvalue weighted by Crippen LogP contribution is 2.54. The molecule has 8 heteroatoms. The van der Waals surface area contributed by atoms with Gasteiger partial charge in [0, 0.05) is 12.5 Å². The number of ether oxygens (including phenoxy) is 2. The molecule has 242 valence electrons. The van der Waals surface area contributed by atoms with Crippen LogP contribution in [0.2, 0.25) is 0 Å². The van der Waals surface area contributed by atoms with Crippen molar-refractivity contribution in [3.63, 3.8) is 0 Å². The van der Waals surface area contributed by atoms with Gasteiger partial charge in [0.05, 0.1) is 30.1 Å². The lowest BCUT2D eigenvalue weighted by Gasteiger charge is -2.39. The molecule has 3 aliphatic rings. The number of fused-ring (bicyclic) bond motifs is 3. The van der Waals surface area contributed by atoms with Gasteiger partial charge in [0.15, 0.2) is 0 Å². The third kappa shape index (κ3) is 8.57. The quantitative estimate of drug-likeness (QED) is 0.102. The maximum absolute atomic E-state index is 13.7. The van der Waals surface area contributed by atoms with Crippen LogP contribution in [0.3, 0.4) is 0 Å². The van der Waals surface area contributed by atoms with Gasteiger partial charge >= 0.3 is 23.9 Å². The van der Waals surface area contributed by atoms with Gasteiger partial charge in [-0.1, -0.05) is 127 Å². The summed E-state index contributed by atoms with van der Waals surface area (Å²) in [6.07, 6.45) is 20.0. The molecule has 5 unspecified atom stereocenters. The number of nitrogens with one attached hydrogen (secondary N) is 1. The fourth-order valence-electron chi connectivity index (χ4n) is 7.43. The Morgan fingerprint density at radius 1 is 0.705 bits per heavy atom. The van der Waals surface area contributed by atoms with E-state index in [-0.39, 0.29) is 6.42 Å². The molecule has 0 aromatic heterocycles. The fourth-order valence-corrected chi connectivity index (χ4v) is 7.43. The molecule has 1 amide bonds. The number of hydrogen-bond donors (Lipinski definition) is 1. The Labute approximate surface area is 262 Å². The lowest BCUT2D eigenvalue weighted by Crippen LogP contribution is -2.47. The number of carbonyl (C=O) groups is 5. The molecule has 2 saturated heterocycles. The van der Waals surface area contributed by atoms with E-state index in [0.29, 0.717) is 17.7 Å². The van der Waals surface area contributed by atoms with Gasteiger partial charge in [0.2, 0.25) is 5.91 Å². The number of cyclic esters (lactones) is 4. The van der Waals surface area contributed by atoms with Gasteiger partial charge in [-0.3, -0.25) is 24.0 Å². The van der Waals surface area contributed by atoms with Crippen molar-refractivity contribution in [1.82, 2.24) is 5.32 Å². The summed E-state index contributed by atoms with van der Waals surface area (Å²) < 4.78 is 9.90. The number of unbranched alkanes of at least 4 members (excludes halogenated alkanes) is 15. The van der Waals surface area contributed by atoms with E-state index in [9.17, 15) is 24.0 Å². The molecule has 1 aliphatic carbocycles. The Kier molecular flexibility index (Phi) is 13.0. The number of aryl methyl sites for hydroxylation is 1. The normalized spacial score (nSPS) is 24.2. The molecule has 2 fully saturated rings. The smallest absolute Gasteiger partial charge is 0.321 e. The van der Waals surface area contributed by atoms with E-state index in [1.807, 2.05) is 19.1 Å². The number of hydrogen-bond acceptors (Lipinski definition) is 7. The second-order valence-corrected chi connectivity index (χ2v) is 13.1. The minimum atomic E-state index is -1.05. The maximum atomic E-state index is 13.7. The van der Waals surface area contributed by atoms with E-state index in [1.165, 1.54) is 83.5 Å². The molecule has 0 saturated carbocycles. The second-order valence-electron chi connectivity index (χ2n) is 13.1. The zero-order valence-electron chi connectivity index (χ0n) is 26.7. The molecule has 44 heavy (non-hydrogen) atoms. The average Bonchev–Trinajstić information content (AvgIpc) is 3.49. The Morgan fingerprint density at radius 2 is 1.27 bits per heavy atom. The van der Waals surface area contributed by atoms with E-state index in [4.69, 9.17) is 9.47 Å². The first kappa shape index (κ1) is 33.9. The molecule has 8 nitrogen and oxygen atoms in total. The van der Waals surface area contributed by atoms with Crippen molar-refractivity contribution in [3.8, 4) is 0 Å². The monoisotopic (exact) mass is 609 g/mol. The van der Waals surface area contributed by atoms with Crippen LogP contribution in [0.4, 0.5) is 0 Å². The molecule has 0 spiro atoms. The van der Waals surface area contributed by atoms with Crippen molar-refractivity contribution < 1.29 is 33.4 Å². The lowest BCUT2D eigenvalue weighted by molar-refractivity contribution is -0.157. The predicted molar refractivity (Wildman–Crippen MR) is 167 cm³/mol.